The molecule has 1 aliphatic carbocycles. The van der Waals surface area contributed by atoms with Crippen LogP contribution in [0, 0.1) is 3.57 Å². The van der Waals surface area contributed by atoms with Gasteiger partial charge in [0.15, 0.2) is 0 Å². The highest BCUT2D eigenvalue weighted by Gasteiger charge is 2.25. The first-order valence-corrected chi connectivity index (χ1v) is 5.37. The van der Waals surface area contributed by atoms with Crippen LogP contribution in [0.25, 0.3) is 0 Å². The molecular weight excluding hydrogens is 295 g/mol. The maximum absolute atomic E-state index is 11.0. The molecule has 0 unspecified atom stereocenters. The van der Waals surface area contributed by atoms with Crippen molar-refractivity contribution in [3.05, 3.63) is 21.5 Å². The van der Waals surface area contributed by atoms with Gasteiger partial charge in [-0.1, -0.05) is 0 Å². The lowest BCUT2D eigenvalue weighted by Gasteiger charge is -2.07. The molecule has 0 atom stereocenters. The largest absolute Gasteiger partial charge is 0.489 e. The summed E-state index contributed by atoms with van der Waals surface area (Å²) in [5, 5.41) is 0. The molecule has 0 radical (unpaired) electrons. The second-order valence-corrected chi connectivity index (χ2v) is 4.23. The molecule has 1 aromatic heterocycles. The summed E-state index contributed by atoms with van der Waals surface area (Å²) in [7, 11) is 0. The number of amides is 1. The summed E-state index contributed by atoms with van der Waals surface area (Å²) in [6, 6.07) is 1.76. The van der Waals surface area contributed by atoms with Gasteiger partial charge in [-0.2, -0.15) is 0 Å². The third kappa shape index (κ3) is 1.97. The molecule has 0 saturated heterocycles. The first-order chi connectivity index (χ1) is 6.68. The van der Waals surface area contributed by atoms with E-state index in [-0.39, 0.29) is 5.69 Å². The zero-order chi connectivity index (χ0) is 10.1. The maximum atomic E-state index is 11.0. The van der Waals surface area contributed by atoms with Crippen molar-refractivity contribution in [2.45, 2.75) is 18.9 Å². The molecule has 2 N–H and O–H groups in total. The molecule has 74 valence electrons. The molecule has 2 rings (SSSR count). The number of carbonyl (C=O) groups is 1. The molecule has 4 nitrogen and oxygen atoms in total. The van der Waals surface area contributed by atoms with Gasteiger partial charge in [-0.3, -0.25) is 4.79 Å². The Bertz CT molecular complexity index is 377. The van der Waals surface area contributed by atoms with Crippen LogP contribution < -0.4 is 10.5 Å². The minimum atomic E-state index is -0.518. The molecule has 1 heterocycles. The lowest BCUT2D eigenvalue weighted by Crippen LogP contribution is -2.15. The van der Waals surface area contributed by atoms with Crippen LogP contribution in [0.1, 0.15) is 23.3 Å². The van der Waals surface area contributed by atoms with Crippen molar-refractivity contribution >= 4 is 28.5 Å². The van der Waals surface area contributed by atoms with E-state index in [1.165, 1.54) is 0 Å². The number of primary amides is 1. The molecular formula is C9H9IN2O2. The van der Waals surface area contributed by atoms with Crippen molar-refractivity contribution in [1.82, 2.24) is 4.98 Å². The van der Waals surface area contributed by atoms with Gasteiger partial charge in [-0.05, 0) is 41.5 Å². The highest BCUT2D eigenvalue weighted by Crippen LogP contribution is 2.30. The Balaban J connectivity index is 2.30. The van der Waals surface area contributed by atoms with Crippen molar-refractivity contribution in [2.24, 2.45) is 5.73 Å². The zero-order valence-electron chi connectivity index (χ0n) is 7.37. The minimum absolute atomic E-state index is 0.281. The van der Waals surface area contributed by atoms with Crippen molar-refractivity contribution in [3.63, 3.8) is 0 Å². The van der Waals surface area contributed by atoms with E-state index in [0.717, 1.165) is 12.8 Å². The summed E-state index contributed by atoms with van der Waals surface area (Å²) >= 11 is 2.03. The van der Waals surface area contributed by atoms with Gasteiger partial charge in [0.25, 0.3) is 5.91 Å². The van der Waals surface area contributed by atoms with Gasteiger partial charge in [0.05, 0.1) is 9.67 Å². The normalized spacial score (nSPS) is 15.2. The van der Waals surface area contributed by atoms with E-state index >= 15 is 0 Å². The van der Waals surface area contributed by atoms with Crippen LogP contribution in [-0.2, 0) is 0 Å². The predicted octanol–water partition coefficient (Wildman–Crippen LogP) is 1.33. The van der Waals surface area contributed by atoms with Gasteiger partial charge in [0, 0.05) is 6.20 Å². The Morgan fingerprint density at radius 2 is 2.36 bits per heavy atom. The number of ether oxygens (including phenoxy) is 1. The minimum Gasteiger partial charge on any atom is -0.489 e. The molecule has 0 aliphatic heterocycles. The lowest BCUT2D eigenvalue weighted by atomic mass is 10.3. The number of hydrogen-bond donors (Lipinski definition) is 1. The van der Waals surface area contributed by atoms with Gasteiger partial charge in [0.1, 0.15) is 11.4 Å². The van der Waals surface area contributed by atoms with Crippen LogP contribution in [0.3, 0.4) is 0 Å². The predicted molar refractivity (Wildman–Crippen MR) is 59.1 cm³/mol. The van der Waals surface area contributed by atoms with Crippen molar-refractivity contribution in [1.29, 1.82) is 0 Å². The number of nitrogens with two attached hydrogens (primary N) is 1. The first-order valence-electron chi connectivity index (χ1n) is 4.29. The average molecular weight is 304 g/mol. The monoisotopic (exact) mass is 304 g/mol. The highest BCUT2D eigenvalue weighted by atomic mass is 127. The van der Waals surface area contributed by atoms with E-state index in [0.29, 0.717) is 15.4 Å². The van der Waals surface area contributed by atoms with Crippen LogP contribution in [0.4, 0.5) is 0 Å². The third-order valence-corrected chi connectivity index (χ3v) is 2.95. The second kappa shape index (κ2) is 3.72. The number of halogens is 1. The average Bonchev–Trinajstić information content (AvgIpc) is 2.92. The molecule has 1 saturated carbocycles. The summed E-state index contributed by atoms with van der Waals surface area (Å²) in [4.78, 5) is 14.9. The molecule has 14 heavy (non-hydrogen) atoms. The SMILES string of the molecule is NC(=O)c1nccc(OC2CC2)c1I. The Morgan fingerprint density at radius 3 is 2.93 bits per heavy atom. The summed E-state index contributed by atoms with van der Waals surface area (Å²) in [6.45, 7) is 0. The van der Waals surface area contributed by atoms with Gasteiger partial charge >= 0.3 is 0 Å². The first kappa shape index (κ1) is 9.70. The molecule has 0 spiro atoms. The summed E-state index contributed by atoms with van der Waals surface area (Å²) in [6.07, 6.45) is 4.03. The van der Waals surface area contributed by atoms with Crippen molar-refractivity contribution in [3.8, 4) is 5.75 Å². The smallest absolute Gasteiger partial charge is 0.268 e. The van der Waals surface area contributed by atoms with Crippen LogP contribution in [0.2, 0.25) is 0 Å². The zero-order valence-corrected chi connectivity index (χ0v) is 9.52. The third-order valence-electron chi connectivity index (χ3n) is 1.91. The van der Waals surface area contributed by atoms with E-state index in [9.17, 15) is 4.79 Å². The van der Waals surface area contributed by atoms with Crippen LogP contribution in [-0.4, -0.2) is 17.0 Å². The van der Waals surface area contributed by atoms with Crippen molar-refractivity contribution < 1.29 is 9.53 Å². The fourth-order valence-electron chi connectivity index (χ4n) is 1.05. The van der Waals surface area contributed by atoms with E-state index < -0.39 is 5.91 Å². The molecule has 0 bridgehead atoms. The molecule has 5 heteroatoms. The molecule has 1 aliphatic rings. The summed E-state index contributed by atoms with van der Waals surface area (Å²) < 4.78 is 6.29. The van der Waals surface area contributed by atoms with Gasteiger partial charge < -0.3 is 10.5 Å². The number of hydrogen-bond acceptors (Lipinski definition) is 3. The fourth-order valence-corrected chi connectivity index (χ4v) is 1.77. The summed E-state index contributed by atoms with van der Waals surface area (Å²) in [5.41, 5.74) is 5.45. The Labute approximate surface area is 95.0 Å². The van der Waals surface area contributed by atoms with E-state index in [1.54, 1.807) is 12.3 Å². The standard InChI is InChI=1S/C9H9IN2O2/c10-7-6(14-5-1-2-5)3-4-12-8(7)9(11)13/h3-5H,1-2H2,(H2,11,13). The molecule has 1 fully saturated rings. The van der Waals surface area contributed by atoms with Gasteiger partial charge in [-0.25, -0.2) is 4.98 Å². The van der Waals surface area contributed by atoms with E-state index in [1.807, 2.05) is 22.6 Å². The van der Waals surface area contributed by atoms with E-state index in [4.69, 9.17) is 10.5 Å². The number of carbonyl (C=O) groups excluding carboxylic acids is 1. The van der Waals surface area contributed by atoms with Crippen LogP contribution >= 0.6 is 22.6 Å². The number of aromatic nitrogens is 1. The van der Waals surface area contributed by atoms with Gasteiger partial charge in [0.2, 0.25) is 0 Å². The maximum Gasteiger partial charge on any atom is 0.268 e. The summed E-state index contributed by atoms with van der Waals surface area (Å²) in [5.74, 6) is 0.188. The molecule has 1 aromatic rings. The Hall–Kier alpha value is -0.850. The van der Waals surface area contributed by atoms with Crippen LogP contribution in [0.5, 0.6) is 5.75 Å². The highest BCUT2D eigenvalue weighted by molar-refractivity contribution is 14.1. The van der Waals surface area contributed by atoms with E-state index in [2.05, 4.69) is 4.98 Å². The number of pyridine rings is 1. The molecule has 0 aromatic carbocycles. The Kier molecular flexibility index (Phi) is 2.58. The lowest BCUT2D eigenvalue weighted by molar-refractivity contribution is 0.0994. The fraction of sp³-hybridized carbons (Fsp3) is 0.333. The second-order valence-electron chi connectivity index (χ2n) is 3.15. The van der Waals surface area contributed by atoms with Crippen LogP contribution in [0.15, 0.2) is 12.3 Å². The molecule has 1 amide bonds. The Morgan fingerprint density at radius 1 is 1.64 bits per heavy atom. The van der Waals surface area contributed by atoms with Gasteiger partial charge in [-0.15, -0.1) is 0 Å². The van der Waals surface area contributed by atoms with Crippen molar-refractivity contribution in [2.75, 3.05) is 0 Å². The number of rotatable bonds is 3. The topological polar surface area (TPSA) is 65.2 Å². The number of nitrogens with zero attached hydrogens (tertiary/aromatic N) is 1. The quantitative estimate of drug-likeness (QED) is 0.857.